The predicted octanol–water partition coefficient (Wildman–Crippen LogP) is 8.44. The molecule has 0 spiro atoms. The topological polar surface area (TPSA) is 78.8 Å². The normalized spacial score (nSPS) is 12.1. The van der Waals surface area contributed by atoms with E-state index in [2.05, 4.69) is 35.9 Å². The molecule has 1 atom stereocenters. The molecule has 0 unspecified atom stereocenters. The van der Waals surface area contributed by atoms with E-state index in [0.29, 0.717) is 29.2 Å². The predicted molar refractivity (Wildman–Crippen MR) is 183 cm³/mol. The number of carbonyl (C=O) groups excluding carboxylic acids is 2. The molecule has 1 aromatic heterocycles. The fraction of sp³-hybridized carbons (Fsp3) is 0.282. The lowest BCUT2D eigenvalue weighted by molar-refractivity contribution is 0.00703. The summed E-state index contributed by atoms with van der Waals surface area (Å²) in [6.07, 6.45) is 0. The Morgan fingerprint density at radius 2 is 1.50 bits per heavy atom. The Labute approximate surface area is 271 Å². The van der Waals surface area contributed by atoms with E-state index < -0.39 is 5.60 Å². The fourth-order valence-electron chi connectivity index (χ4n) is 5.66. The number of aryl methyl sites for hydroxylation is 1. The van der Waals surface area contributed by atoms with Gasteiger partial charge in [0.25, 0.3) is 5.91 Å². The van der Waals surface area contributed by atoms with Crippen LogP contribution in [0.25, 0.3) is 22.0 Å². The number of methoxy groups -OCH3 is 2. The van der Waals surface area contributed by atoms with Gasteiger partial charge in [-0.25, -0.2) is 4.79 Å². The summed E-state index contributed by atoms with van der Waals surface area (Å²) in [6.45, 7) is 12.4. The highest BCUT2D eigenvalue weighted by Gasteiger charge is 2.21. The lowest BCUT2D eigenvalue weighted by Gasteiger charge is -2.20. The molecule has 238 valence electrons. The van der Waals surface area contributed by atoms with Crippen molar-refractivity contribution in [1.29, 1.82) is 0 Å². The van der Waals surface area contributed by atoms with E-state index in [4.69, 9.17) is 14.2 Å². The Morgan fingerprint density at radius 1 is 0.848 bits per heavy atom. The second kappa shape index (κ2) is 13.1. The van der Waals surface area contributed by atoms with Gasteiger partial charge < -0.3 is 24.1 Å². The highest BCUT2D eigenvalue weighted by atomic mass is 16.6. The zero-order chi connectivity index (χ0) is 33.2. The molecule has 0 radical (unpaired) electrons. The Morgan fingerprint density at radius 3 is 2.13 bits per heavy atom. The number of aromatic nitrogens is 1. The molecule has 5 rings (SSSR count). The number of amides is 1. The van der Waals surface area contributed by atoms with Crippen LogP contribution < -0.4 is 14.8 Å². The first-order valence-electron chi connectivity index (χ1n) is 15.4. The summed E-state index contributed by atoms with van der Waals surface area (Å²) in [6, 6.07) is 27.1. The Hall–Kier alpha value is -5.04. The number of rotatable bonds is 9. The van der Waals surface area contributed by atoms with E-state index >= 15 is 0 Å². The number of hydrogen-bond donors (Lipinski definition) is 1. The van der Waals surface area contributed by atoms with Crippen LogP contribution in [-0.2, 0) is 11.3 Å². The number of carbonyl (C=O) groups is 2. The monoisotopic (exact) mass is 618 g/mol. The summed E-state index contributed by atoms with van der Waals surface area (Å²) >= 11 is 0. The molecule has 0 aliphatic rings. The Kier molecular flexibility index (Phi) is 9.24. The number of nitrogens with zero attached hydrogens (tertiary/aromatic N) is 1. The minimum absolute atomic E-state index is 0.150. The van der Waals surface area contributed by atoms with Crippen LogP contribution in [0.3, 0.4) is 0 Å². The van der Waals surface area contributed by atoms with E-state index in [1.807, 2.05) is 94.4 Å². The lowest BCUT2D eigenvalue weighted by Crippen LogP contribution is -2.26. The highest BCUT2D eigenvalue weighted by molar-refractivity contribution is 5.99. The van der Waals surface area contributed by atoms with Crippen LogP contribution in [-0.4, -0.2) is 36.3 Å². The summed E-state index contributed by atoms with van der Waals surface area (Å²) in [5, 5.41) is 4.16. The molecule has 1 heterocycles. The largest absolute Gasteiger partial charge is 0.497 e. The van der Waals surface area contributed by atoms with Crippen molar-refractivity contribution in [3.63, 3.8) is 0 Å². The van der Waals surface area contributed by atoms with E-state index in [9.17, 15) is 9.59 Å². The summed E-state index contributed by atoms with van der Waals surface area (Å²) < 4.78 is 18.7. The maximum atomic E-state index is 13.3. The average molecular weight is 619 g/mol. The third-order valence-electron chi connectivity index (χ3n) is 8.27. The van der Waals surface area contributed by atoms with Gasteiger partial charge in [0, 0.05) is 34.8 Å². The van der Waals surface area contributed by atoms with Crippen LogP contribution in [0, 0.1) is 13.8 Å². The van der Waals surface area contributed by atoms with Crippen molar-refractivity contribution in [2.75, 3.05) is 14.2 Å². The van der Waals surface area contributed by atoms with Gasteiger partial charge in [0.2, 0.25) is 0 Å². The van der Waals surface area contributed by atoms with Gasteiger partial charge in [-0.2, -0.15) is 0 Å². The molecule has 0 bridgehead atoms. The van der Waals surface area contributed by atoms with E-state index in [1.165, 1.54) is 0 Å². The minimum atomic E-state index is -0.571. The maximum absolute atomic E-state index is 13.3. The number of nitrogens with one attached hydrogen (secondary N) is 1. The average Bonchev–Trinajstić information content (AvgIpc) is 3.28. The van der Waals surface area contributed by atoms with Gasteiger partial charge in [0.15, 0.2) is 0 Å². The second-order valence-electron chi connectivity index (χ2n) is 12.6. The van der Waals surface area contributed by atoms with Crippen molar-refractivity contribution >= 4 is 22.8 Å². The minimum Gasteiger partial charge on any atom is -0.497 e. The van der Waals surface area contributed by atoms with E-state index in [1.54, 1.807) is 20.3 Å². The summed E-state index contributed by atoms with van der Waals surface area (Å²) in [5.41, 5.74) is 7.73. The smallest absolute Gasteiger partial charge is 0.339 e. The first-order chi connectivity index (χ1) is 21.9. The third kappa shape index (κ3) is 6.94. The molecule has 4 aromatic carbocycles. The molecule has 0 saturated heterocycles. The molecule has 1 N–H and O–H groups in total. The summed E-state index contributed by atoms with van der Waals surface area (Å²) in [4.78, 5) is 26.2. The molecular weight excluding hydrogens is 576 g/mol. The highest BCUT2D eigenvalue weighted by Crippen LogP contribution is 2.30. The number of ether oxygens (including phenoxy) is 3. The Balaban J connectivity index is 1.36. The lowest BCUT2D eigenvalue weighted by atomic mass is 9.98. The first-order valence-corrected chi connectivity index (χ1v) is 15.4. The zero-order valence-electron chi connectivity index (χ0n) is 27.9. The van der Waals surface area contributed by atoms with Crippen LogP contribution in [0.2, 0.25) is 0 Å². The van der Waals surface area contributed by atoms with Gasteiger partial charge in [-0.15, -0.1) is 0 Å². The van der Waals surface area contributed by atoms with Crippen molar-refractivity contribution < 1.29 is 23.8 Å². The van der Waals surface area contributed by atoms with E-state index in [-0.39, 0.29) is 17.9 Å². The molecular formula is C39H42N2O5. The molecule has 0 aliphatic heterocycles. The van der Waals surface area contributed by atoms with Gasteiger partial charge in [-0.1, -0.05) is 42.5 Å². The van der Waals surface area contributed by atoms with Crippen LogP contribution in [0.5, 0.6) is 11.5 Å². The maximum Gasteiger partial charge on any atom is 0.339 e. The van der Waals surface area contributed by atoms with Gasteiger partial charge in [0.05, 0.1) is 25.8 Å². The number of benzene rings is 4. The third-order valence-corrected chi connectivity index (χ3v) is 8.27. The molecule has 5 aromatic rings. The van der Waals surface area contributed by atoms with Crippen molar-refractivity contribution in [2.24, 2.45) is 0 Å². The SMILES string of the molecule is COc1cc(OC)cc([C@H](C)NC(=O)c2ccc3c(c2)c(C)c(C)n3Cc2ccc(-c3ccccc3C(=O)OC(C)(C)C)cc2)c1. The summed E-state index contributed by atoms with van der Waals surface area (Å²) in [7, 11) is 3.22. The van der Waals surface area contributed by atoms with Crippen LogP contribution in [0.1, 0.15) is 76.8 Å². The van der Waals surface area contributed by atoms with Crippen molar-refractivity contribution in [3.8, 4) is 22.6 Å². The van der Waals surface area contributed by atoms with Crippen LogP contribution in [0.4, 0.5) is 0 Å². The van der Waals surface area contributed by atoms with Gasteiger partial charge in [-0.05, 0) is 106 Å². The summed E-state index contributed by atoms with van der Waals surface area (Å²) in [5.74, 6) is 0.859. The quantitative estimate of drug-likeness (QED) is 0.168. The molecule has 0 aliphatic carbocycles. The molecule has 7 nitrogen and oxygen atoms in total. The van der Waals surface area contributed by atoms with Crippen molar-refractivity contribution in [2.45, 2.75) is 59.7 Å². The zero-order valence-corrected chi connectivity index (χ0v) is 27.9. The molecule has 7 heteroatoms. The number of fused-ring (bicyclic) bond motifs is 1. The van der Waals surface area contributed by atoms with Crippen LogP contribution >= 0.6 is 0 Å². The van der Waals surface area contributed by atoms with Gasteiger partial charge in [-0.3, -0.25) is 4.79 Å². The molecule has 0 saturated carbocycles. The van der Waals surface area contributed by atoms with Crippen molar-refractivity contribution in [1.82, 2.24) is 9.88 Å². The van der Waals surface area contributed by atoms with Crippen LogP contribution in [0.15, 0.2) is 84.9 Å². The second-order valence-corrected chi connectivity index (χ2v) is 12.6. The standard InChI is InChI=1S/C39H42N2O5/c1-24-26(3)41(23-27-13-15-28(16-14-27)33-11-9-10-12-34(33)38(43)46-39(4,5)6)36-18-17-29(21-35(24)36)37(42)40-25(2)30-19-31(44-7)22-32(20-30)45-8/h9-22,25H,23H2,1-8H3,(H,40,42)/t25-/m0/s1. The Bertz CT molecular complexity index is 1870. The first kappa shape index (κ1) is 32.4. The fourth-order valence-corrected chi connectivity index (χ4v) is 5.66. The van der Waals surface area contributed by atoms with Gasteiger partial charge >= 0.3 is 5.97 Å². The molecule has 46 heavy (non-hydrogen) atoms. The molecule has 0 fully saturated rings. The molecule has 1 amide bonds. The van der Waals surface area contributed by atoms with Gasteiger partial charge in [0.1, 0.15) is 17.1 Å². The number of hydrogen-bond acceptors (Lipinski definition) is 5. The van der Waals surface area contributed by atoms with E-state index in [0.717, 1.165) is 44.4 Å². The van der Waals surface area contributed by atoms with Crippen molar-refractivity contribution in [3.05, 3.63) is 118 Å². The number of esters is 1.